The zero-order chi connectivity index (χ0) is 19.2. The molecule has 1 amide bonds. The van der Waals surface area contributed by atoms with Crippen LogP contribution in [0.4, 0.5) is 17.1 Å². The molecule has 2 aromatic rings. The molecule has 2 saturated heterocycles. The second-order valence-electron chi connectivity index (χ2n) is 7.41. The molecule has 6 heteroatoms. The van der Waals surface area contributed by atoms with E-state index in [2.05, 4.69) is 45.4 Å². The topological polar surface area (TPSA) is 49.2 Å². The monoisotopic (exact) mass is 381 g/mol. The highest BCUT2D eigenvalue weighted by molar-refractivity contribution is 5.95. The van der Waals surface area contributed by atoms with Gasteiger partial charge in [-0.2, -0.15) is 0 Å². The maximum absolute atomic E-state index is 12.7. The number of ether oxygens (including phenoxy) is 1. The van der Waals surface area contributed by atoms with E-state index in [1.807, 2.05) is 24.3 Å². The third kappa shape index (κ3) is 4.64. The molecule has 0 saturated carbocycles. The molecular weight excluding hydrogens is 352 g/mol. The molecule has 0 bridgehead atoms. The van der Waals surface area contributed by atoms with Gasteiger partial charge < -0.3 is 24.8 Å². The second-order valence-corrected chi connectivity index (χ2v) is 7.41. The highest BCUT2D eigenvalue weighted by Gasteiger charge is 2.23. The van der Waals surface area contributed by atoms with Crippen LogP contribution in [-0.4, -0.2) is 64.9 Å². The molecule has 0 atom stereocenters. The number of anilines is 3. The van der Waals surface area contributed by atoms with E-state index in [1.54, 1.807) is 0 Å². The van der Waals surface area contributed by atoms with Gasteiger partial charge in [0, 0.05) is 18.8 Å². The van der Waals surface area contributed by atoms with Gasteiger partial charge in [-0.1, -0.05) is 30.3 Å². The first-order chi connectivity index (χ1) is 13.8. The second kappa shape index (κ2) is 9.08. The van der Waals surface area contributed by atoms with E-state index < -0.39 is 0 Å². The molecule has 2 aliphatic heterocycles. The lowest BCUT2D eigenvalue weighted by molar-refractivity contribution is -0.892. The van der Waals surface area contributed by atoms with Crippen molar-refractivity contribution in [3.8, 4) is 0 Å². The lowest BCUT2D eigenvalue weighted by Gasteiger charge is -2.33. The molecule has 2 aromatic carbocycles. The minimum absolute atomic E-state index is 0.0869. The largest absolute Gasteiger partial charge is 0.378 e. The van der Waals surface area contributed by atoms with Crippen LogP contribution < -0.4 is 20.0 Å². The van der Waals surface area contributed by atoms with Crippen LogP contribution in [0.3, 0.4) is 0 Å². The average molecular weight is 382 g/mol. The minimum Gasteiger partial charge on any atom is -0.378 e. The average Bonchev–Trinajstić information content (AvgIpc) is 2.76. The molecule has 0 radical (unpaired) electrons. The van der Waals surface area contributed by atoms with Gasteiger partial charge in [0.2, 0.25) is 0 Å². The number of quaternary nitrogens is 1. The van der Waals surface area contributed by atoms with E-state index in [-0.39, 0.29) is 5.91 Å². The van der Waals surface area contributed by atoms with E-state index in [0.29, 0.717) is 6.54 Å². The van der Waals surface area contributed by atoms with Crippen molar-refractivity contribution < 1.29 is 14.4 Å². The van der Waals surface area contributed by atoms with Gasteiger partial charge in [-0.05, 0) is 24.3 Å². The molecule has 0 aromatic heterocycles. The summed E-state index contributed by atoms with van der Waals surface area (Å²) in [6, 6.07) is 18.6. The molecule has 4 rings (SSSR count). The Bertz CT molecular complexity index is 769. The SMILES string of the molecule is O=C(C[NH+]1CCN(c2ccccc2)CC1)Nc1ccccc1N1CCOCC1. The van der Waals surface area contributed by atoms with Gasteiger partial charge in [0.05, 0.1) is 50.8 Å². The summed E-state index contributed by atoms with van der Waals surface area (Å²) in [7, 11) is 0. The zero-order valence-corrected chi connectivity index (χ0v) is 16.3. The lowest BCUT2D eigenvalue weighted by Crippen LogP contribution is -3.15. The Labute approximate surface area is 166 Å². The molecular formula is C22H29N4O2+. The Morgan fingerprint density at radius 1 is 0.893 bits per heavy atom. The molecule has 2 heterocycles. The van der Waals surface area contributed by atoms with Gasteiger partial charge in [-0.15, -0.1) is 0 Å². The quantitative estimate of drug-likeness (QED) is 0.807. The standard InChI is InChI=1S/C22H28N4O2/c27-22(18-24-10-12-25(13-11-24)19-6-2-1-3-7-19)23-20-8-4-5-9-21(20)26-14-16-28-17-15-26/h1-9H,10-18H2,(H,23,27)/p+1. The van der Waals surface area contributed by atoms with Gasteiger partial charge >= 0.3 is 0 Å². The summed E-state index contributed by atoms with van der Waals surface area (Å²) >= 11 is 0. The Morgan fingerprint density at radius 2 is 1.57 bits per heavy atom. The van der Waals surface area contributed by atoms with Crippen LogP contribution in [0.25, 0.3) is 0 Å². The van der Waals surface area contributed by atoms with E-state index in [0.717, 1.165) is 63.9 Å². The smallest absolute Gasteiger partial charge is 0.279 e. The summed E-state index contributed by atoms with van der Waals surface area (Å²) in [4.78, 5) is 18.7. The molecule has 6 nitrogen and oxygen atoms in total. The van der Waals surface area contributed by atoms with E-state index in [1.165, 1.54) is 10.6 Å². The summed E-state index contributed by atoms with van der Waals surface area (Å²) in [5, 5.41) is 3.14. The number of rotatable bonds is 5. The molecule has 2 fully saturated rings. The van der Waals surface area contributed by atoms with Crippen molar-refractivity contribution >= 4 is 23.0 Å². The Hall–Kier alpha value is -2.57. The number of amides is 1. The predicted octanol–water partition coefficient (Wildman–Crippen LogP) is 0.867. The normalized spacial score (nSPS) is 18.1. The van der Waals surface area contributed by atoms with E-state index >= 15 is 0 Å². The van der Waals surface area contributed by atoms with E-state index in [4.69, 9.17) is 4.74 Å². The Kier molecular flexibility index (Phi) is 6.09. The van der Waals surface area contributed by atoms with Crippen molar-refractivity contribution in [2.75, 3.05) is 74.1 Å². The fourth-order valence-electron chi connectivity index (χ4n) is 3.98. The highest BCUT2D eigenvalue weighted by Crippen LogP contribution is 2.26. The number of benzene rings is 2. The summed E-state index contributed by atoms with van der Waals surface area (Å²) < 4.78 is 5.45. The fourth-order valence-corrected chi connectivity index (χ4v) is 3.98. The first-order valence-electron chi connectivity index (χ1n) is 10.1. The van der Waals surface area contributed by atoms with Crippen LogP contribution in [0, 0.1) is 0 Å². The number of carbonyl (C=O) groups excluding carboxylic acids is 1. The zero-order valence-electron chi connectivity index (χ0n) is 16.3. The third-order valence-electron chi connectivity index (χ3n) is 5.53. The number of piperazine rings is 1. The Morgan fingerprint density at radius 3 is 2.32 bits per heavy atom. The van der Waals surface area contributed by atoms with Crippen LogP contribution in [0.15, 0.2) is 54.6 Å². The summed E-state index contributed by atoms with van der Waals surface area (Å²) in [5.74, 6) is 0.0869. The first kappa shape index (κ1) is 18.8. The van der Waals surface area contributed by atoms with Gasteiger partial charge in [0.15, 0.2) is 6.54 Å². The van der Waals surface area contributed by atoms with Gasteiger partial charge in [0.1, 0.15) is 0 Å². The summed E-state index contributed by atoms with van der Waals surface area (Å²) in [6.07, 6.45) is 0. The fraction of sp³-hybridized carbons (Fsp3) is 0.409. The van der Waals surface area contributed by atoms with Crippen molar-refractivity contribution in [2.45, 2.75) is 0 Å². The van der Waals surface area contributed by atoms with Gasteiger partial charge in [-0.25, -0.2) is 0 Å². The molecule has 0 unspecified atom stereocenters. The van der Waals surface area contributed by atoms with Crippen molar-refractivity contribution in [3.63, 3.8) is 0 Å². The number of morpholine rings is 1. The van der Waals surface area contributed by atoms with Crippen LogP contribution >= 0.6 is 0 Å². The number of para-hydroxylation sites is 3. The van der Waals surface area contributed by atoms with Crippen molar-refractivity contribution in [2.24, 2.45) is 0 Å². The third-order valence-corrected chi connectivity index (χ3v) is 5.53. The van der Waals surface area contributed by atoms with Gasteiger partial charge in [0.25, 0.3) is 5.91 Å². The van der Waals surface area contributed by atoms with Gasteiger partial charge in [-0.3, -0.25) is 4.79 Å². The molecule has 0 spiro atoms. The number of hydrogen-bond acceptors (Lipinski definition) is 4. The maximum atomic E-state index is 12.7. The molecule has 0 aliphatic carbocycles. The molecule has 148 valence electrons. The van der Waals surface area contributed by atoms with Crippen LogP contribution in [0.5, 0.6) is 0 Å². The van der Waals surface area contributed by atoms with Crippen molar-refractivity contribution in [1.82, 2.24) is 0 Å². The summed E-state index contributed by atoms with van der Waals surface area (Å²) in [6.45, 7) is 7.63. The van der Waals surface area contributed by atoms with E-state index in [9.17, 15) is 4.79 Å². The number of hydrogen-bond donors (Lipinski definition) is 2. The first-order valence-corrected chi connectivity index (χ1v) is 10.1. The molecule has 2 aliphatic rings. The Balaban J connectivity index is 1.31. The lowest BCUT2D eigenvalue weighted by atomic mass is 10.2. The molecule has 2 N–H and O–H groups in total. The summed E-state index contributed by atoms with van der Waals surface area (Å²) in [5.41, 5.74) is 3.25. The number of nitrogens with one attached hydrogen (secondary N) is 2. The maximum Gasteiger partial charge on any atom is 0.279 e. The highest BCUT2D eigenvalue weighted by atomic mass is 16.5. The predicted molar refractivity (Wildman–Crippen MR) is 112 cm³/mol. The molecule has 28 heavy (non-hydrogen) atoms. The van der Waals surface area contributed by atoms with Crippen LogP contribution in [-0.2, 0) is 9.53 Å². The number of nitrogens with zero attached hydrogens (tertiary/aromatic N) is 2. The van der Waals surface area contributed by atoms with Crippen LogP contribution in [0.1, 0.15) is 0 Å². The van der Waals surface area contributed by atoms with Crippen LogP contribution in [0.2, 0.25) is 0 Å². The number of carbonyl (C=O) groups is 1. The minimum atomic E-state index is 0.0869. The van der Waals surface area contributed by atoms with Crippen molar-refractivity contribution in [1.29, 1.82) is 0 Å². The van der Waals surface area contributed by atoms with Crippen molar-refractivity contribution in [3.05, 3.63) is 54.6 Å².